The molecule has 0 radical (unpaired) electrons. The van der Waals surface area contributed by atoms with Gasteiger partial charge in [0.1, 0.15) is 0 Å². The average Bonchev–Trinajstić information content (AvgIpc) is 2.54. The fourth-order valence-corrected chi connectivity index (χ4v) is 2.94. The van der Waals surface area contributed by atoms with Crippen molar-refractivity contribution < 1.29 is 19.0 Å². The van der Waals surface area contributed by atoms with Crippen molar-refractivity contribution in [3.05, 3.63) is 16.1 Å². The molecule has 0 aromatic heterocycles. The first kappa shape index (κ1) is 15.9. The fourth-order valence-electron chi connectivity index (χ4n) is 2.31. The lowest BCUT2D eigenvalue weighted by Gasteiger charge is -2.28. The van der Waals surface area contributed by atoms with Gasteiger partial charge in [-0.05, 0) is 22.0 Å². The van der Waals surface area contributed by atoms with Gasteiger partial charge < -0.3 is 24.4 Å². The number of piperazine rings is 1. The van der Waals surface area contributed by atoms with Crippen LogP contribution < -0.4 is 19.5 Å². The Labute approximate surface area is 132 Å². The van der Waals surface area contributed by atoms with Gasteiger partial charge in [-0.2, -0.15) is 0 Å². The van der Waals surface area contributed by atoms with Gasteiger partial charge >= 0.3 is 0 Å². The average molecular weight is 359 g/mol. The number of hydrogen-bond acceptors (Lipinski definition) is 5. The Morgan fingerprint density at radius 3 is 2.29 bits per heavy atom. The lowest BCUT2D eigenvalue weighted by molar-refractivity contribution is 0.0734. The van der Waals surface area contributed by atoms with E-state index < -0.39 is 0 Å². The van der Waals surface area contributed by atoms with Crippen molar-refractivity contribution in [3.63, 3.8) is 0 Å². The van der Waals surface area contributed by atoms with Crippen LogP contribution in [-0.2, 0) is 0 Å². The summed E-state index contributed by atoms with van der Waals surface area (Å²) in [6.45, 7) is 2.96. The molecule has 0 saturated carbocycles. The predicted molar refractivity (Wildman–Crippen MR) is 82.6 cm³/mol. The summed E-state index contributed by atoms with van der Waals surface area (Å²) in [5, 5.41) is 3.22. The largest absolute Gasteiger partial charge is 0.493 e. The normalized spacial score (nSPS) is 14.8. The van der Waals surface area contributed by atoms with Crippen molar-refractivity contribution >= 4 is 21.8 Å². The van der Waals surface area contributed by atoms with E-state index in [4.69, 9.17) is 14.2 Å². The first-order valence-electron chi connectivity index (χ1n) is 6.62. The van der Waals surface area contributed by atoms with E-state index >= 15 is 0 Å². The predicted octanol–water partition coefficient (Wildman–Crippen LogP) is 1.52. The molecule has 7 heteroatoms. The second-order valence-corrected chi connectivity index (χ2v) is 5.34. The van der Waals surface area contributed by atoms with E-state index in [0.29, 0.717) is 40.4 Å². The smallest absolute Gasteiger partial charge is 0.255 e. The molecule has 0 spiro atoms. The van der Waals surface area contributed by atoms with Crippen LogP contribution in [0.3, 0.4) is 0 Å². The number of methoxy groups -OCH3 is 3. The number of amides is 1. The molecule has 1 fully saturated rings. The molecular formula is C14H19BrN2O4. The van der Waals surface area contributed by atoms with Crippen LogP contribution in [0.4, 0.5) is 0 Å². The van der Waals surface area contributed by atoms with Gasteiger partial charge in [-0.15, -0.1) is 0 Å². The van der Waals surface area contributed by atoms with E-state index in [1.165, 1.54) is 21.3 Å². The summed E-state index contributed by atoms with van der Waals surface area (Å²) in [5.74, 6) is 1.33. The van der Waals surface area contributed by atoms with E-state index in [9.17, 15) is 4.79 Å². The van der Waals surface area contributed by atoms with Crippen LogP contribution in [0.15, 0.2) is 10.5 Å². The standard InChI is InChI=1S/C14H19BrN2O4/c1-19-10-8-9(11(15)13(21-3)12(10)20-2)14(18)17-6-4-16-5-7-17/h8,16H,4-7H2,1-3H3. The number of hydrogen-bond donors (Lipinski definition) is 1. The molecule has 1 N–H and O–H groups in total. The van der Waals surface area contributed by atoms with Crippen molar-refractivity contribution in [1.29, 1.82) is 0 Å². The summed E-state index contributed by atoms with van der Waals surface area (Å²) in [4.78, 5) is 14.5. The highest BCUT2D eigenvalue weighted by Crippen LogP contribution is 2.45. The zero-order valence-corrected chi connectivity index (χ0v) is 13.9. The van der Waals surface area contributed by atoms with Crippen molar-refractivity contribution in [1.82, 2.24) is 10.2 Å². The Hall–Kier alpha value is -1.47. The lowest BCUT2D eigenvalue weighted by Crippen LogP contribution is -2.46. The number of nitrogens with one attached hydrogen (secondary N) is 1. The molecule has 1 aromatic carbocycles. The number of benzene rings is 1. The van der Waals surface area contributed by atoms with Crippen molar-refractivity contribution in [2.45, 2.75) is 0 Å². The number of carbonyl (C=O) groups is 1. The first-order valence-corrected chi connectivity index (χ1v) is 7.41. The number of nitrogens with zero attached hydrogens (tertiary/aromatic N) is 1. The highest BCUT2D eigenvalue weighted by molar-refractivity contribution is 9.10. The SMILES string of the molecule is COc1cc(C(=O)N2CCNCC2)c(Br)c(OC)c1OC. The molecule has 0 unspecified atom stereocenters. The van der Waals surface area contributed by atoms with Gasteiger partial charge in [-0.1, -0.05) is 0 Å². The van der Waals surface area contributed by atoms with Crippen LogP contribution in [0.5, 0.6) is 17.2 Å². The number of rotatable bonds is 4. The first-order chi connectivity index (χ1) is 10.1. The Kier molecular flexibility index (Phi) is 5.30. The lowest BCUT2D eigenvalue weighted by atomic mass is 10.1. The third-order valence-corrected chi connectivity index (χ3v) is 4.19. The maximum absolute atomic E-state index is 12.7. The molecule has 0 aliphatic carbocycles. The van der Waals surface area contributed by atoms with Gasteiger partial charge in [0.15, 0.2) is 11.5 Å². The third kappa shape index (κ3) is 3.08. The quantitative estimate of drug-likeness (QED) is 0.884. The molecule has 1 saturated heterocycles. The molecule has 1 aliphatic rings. The molecule has 1 aromatic rings. The highest BCUT2D eigenvalue weighted by Gasteiger charge is 2.26. The van der Waals surface area contributed by atoms with Crippen molar-refractivity contribution in [2.24, 2.45) is 0 Å². The number of halogens is 1. The summed E-state index contributed by atoms with van der Waals surface area (Å²) in [7, 11) is 4.59. The second-order valence-electron chi connectivity index (χ2n) is 4.55. The highest BCUT2D eigenvalue weighted by atomic mass is 79.9. The Morgan fingerprint density at radius 2 is 1.76 bits per heavy atom. The van der Waals surface area contributed by atoms with E-state index in [1.54, 1.807) is 6.07 Å². The molecule has 0 bridgehead atoms. The Morgan fingerprint density at radius 1 is 1.14 bits per heavy atom. The topological polar surface area (TPSA) is 60.0 Å². The van der Waals surface area contributed by atoms with Gasteiger partial charge in [0.25, 0.3) is 5.91 Å². The van der Waals surface area contributed by atoms with Crippen LogP contribution in [-0.4, -0.2) is 58.3 Å². The summed E-state index contributed by atoms with van der Waals surface area (Å²) in [6.07, 6.45) is 0. The van der Waals surface area contributed by atoms with E-state index in [-0.39, 0.29) is 5.91 Å². The summed E-state index contributed by atoms with van der Waals surface area (Å²) in [6, 6.07) is 1.68. The zero-order chi connectivity index (χ0) is 15.4. The molecule has 1 amide bonds. The van der Waals surface area contributed by atoms with Crippen molar-refractivity contribution in [2.75, 3.05) is 47.5 Å². The summed E-state index contributed by atoms with van der Waals surface area (Å²) < 4.78 is 16.5. The van der Waals surface area contributed by atoms with Gasteiger partial charge in [0.05, 0.1) is 31.4 Å². The van der Waals surface area contributed by atoms with E-state index in [0.717, 1.165) is 13.1 Å². The summed E-state index contributed by atoms with van der Waals surface area (Å²) >= 11 is 3.44. The van der Waals surface area contributed by atoms with Crippen molar-refractivity contribution in [3.8, 4) is 17.2 Å². The van der Waals surface area contributed by atoms with Crippen LogP contribution >= 0.6 is 15.9 Å². The molecular weight excluding hydrogens is 340 g/mol. The molecule has 116 valence electrons. The summed E-state index contributed by atoms with van der Waals surface area (Å²) in [5.41, 5.74) is 0.506. The van der Waals surface area contributed by atoms with Gasteiger partial charge in [0, 0.05) is 26.2 Å². The fraction of sp³-hybridized carbons (Fsp3) is 0.500. The zero-order valence-electron chi connectivity index (χ0n) is 12.4. The third-order valence-electron chi connectivity index (χ3n) is 3.40. The molecule has 2 rings (SSSR count). The van der Waals surface area contributed by atoms with Crippen LogP contribution in [0.1, 0.15) is 10.4 Å². The van der Waals surface area contributed by atoms with Gasteiger partial charge in [0.2, 0.25) is 5.75 Å². The minimum atomic E-state index is -0.0531. The van der Waals surface area contributed by atoms with E-state index in [1.807, 2.05) is 4.90 Å². The van der Waals surface area contributed by atoms with Crippen LogP contribution in [0.25, 0.3) is 0 Å². The number of carbonyl (C=O) groups excluding carboxylic acids is 1. The minimum Gasteiger partial charge on any atom is -0.493 e. The molecule has 1 aliphatic heterocycles. The Balaban J connectivity index is 2.45. The molecule has 6 nitrogen and oxygen atoms in total. The molecule has 1 heterocycles. The monoisotopic (exact) mass is 358 g/mol. The minimum absolute atomic E-state index is 0.0531. The van der Waals surface area contributed by atoms with Crippen LogP contribution in [0, 0.1) is 0 Å². The van der Waals surface area contributed by atoms with Gasteiger partial charge in [-0.3, -0.25) is 4.79 Å². The maximum Gasteiger partial charge on any atom is 0.255 e. The van der Waals surface area contributed by atoms with Crippen LogP contribution in [0.2, 0.25) is 0 Å². The Bertz CT molecular complexity index is 530. The second kappa shape index (κ2) is 7.00. The number of ether oxygens (including phenoxy) is 3. The molecule has 21 heavy (non-hydrogen) atoms. The van der Waals surface area contributed by atoms with E-state index in [2.05, 4.69) is 21.2 Å². The molecule has 0 atom stereocenters. The maximum atomic E-state index is 12.7. The van der Waals surface area contributed by atoms with Gasteiger partial charge in [-0.25, -0.2) is 0 Å².